The molecule has 1 heterocycles. The third-order valence-corrected chi connectivity index (χ3v) is 1.60. The van der Waals surface area contributed by atoms with Crippen LogP contribution in [0.25, 0.3) is 0 Å². The molecular formula is C9H13NO2. The van der Waals surface area contributed by atoms with Gasteiger partial charge in [-0.3, -0.25) is 4.98 Å². The van der Waals surface area contributed by atoms with Crippen LogP contribution in [-0.4, -0.2) is 28.4 Å². The van der Waals surface area contributed by atoms with Crippen LogP contribution in [0.1, 0.15) is 11.4 Å². The lowest BCUT2D eigenvalue weighted by molar-refractivity contribution is 0.295. The molecule has 0 fully saturated rings. The number of nitrogens with zero attached hydrogens (tertiary/aromatic N) is 1. The quantitative estimate of drug-likeness (QED) is 0.671. The molecule has 0 aliphatic rings. The van der Waals surface area contributed by atoms with Gasteiger partial charge in [0.2, 0.25) is 0 Å². The highest BCUT2D eigenvalue weighted by molar-refractivity contribution is 5.11. The van der Waals surface area contributed by atoms with Crippen LogP contribution in [0, 0.1) is 0 Å². The molecule has 1 aromatic rings. The van der Waals surface area contributed by atoms with E-state index in [9.17, 15) is 0 Å². The second-order valence-electron chi connectivity index (χ2n) is 2.57. The maximum Gasteiger partial charge on any atom is 0.0486 e. The Hall–Kier alpha value is -0.930. The zero-order valence-electron chi connectivity index (χ0n) is 6.90. The summed E-state index contributed by atoms with van der Waals surface area (Å²) in [4.78, 5) is 4.23. The van der Waals surface area contributed by atoms with E-state index in [-0.39, 0.29) is 13.2 Å². The largest absolute Gasteiger partial charge is 0.396 e. The second-order valence-corrected chi connectivity index (χ2v) is 2.57. The number of aliphatic hydroxyl groups is 2. The molecular weight excluding hydrogens is 154 g/mol. The van der Waals surface area contributed by atoms with Crippen molar-refractivity contribution < 1.29 is 10.2 Å². The van der Waals surface area contributed by atoms with Crippen LogP contribution in [0.2, 0.25) is 0 Å². The van der Waals surface area contributed by atoms with E-state index in [0.29, 0.717) is 12.8 Å². The zero-order chi connectivity index (χ0) is 8.81. The fraction of sp³-hybridized carbons (Fsp3) is 0.444. The number of hydrogen-bond acceptors (Lipinski definition) is 3. The molecule has 66 valence electrons. The lowest BCUT2D eigenvalue weighted by Crippen LogP contribution is -1.99. The molecule has 0 unspecified atom stereocenters. The molecule has 3 heteroatoms. The Morgan fingerprint density at radius 2 is 1.50 bits per heavy atom. The van der Waals surface area contributed by atoms with Crippen molar-refractivity contribution in [1.29, 1.82) is 0 Å². The van der Waals surface area contributed by atoms with Gasteiger partial charge >= 0.3 is 0 Å². The molecule has 0 spiro atoms. The zero-order valence-corrected chi connectivity index (χ0v) is 6.90. The fourth-order valence-corrected chi connectivity index (χ4v) is 1.04. The molecule has 1 aromatic heterocycles. The molecule has 0 atom stereocenters. The van der Waals surface area contributed by atoms with E-state index < -0.39 is 0 Å². The minimum Gasteiger partial charge on any atom is -0.396 e. The predicted octanol–water partition coefficient (Wildman–Crippen LogP) is 0.151. The van der Waals surface area contributed by atoms with Crippen LogP contribution < -0.4 is 0 Å². The highest BCUT2D eigenvalue weighted by atomic mass is 16.3. The van der Waals surface area contributed by atoms with Crippen LogP contribution in [-0.2, 0) is 12.8 Å². The van der Waals surface area contributed by atoms with Gasteiger partial charge < -0.3 is 10.2 Å². The van der Waals surface area contributed by atoms with Crippen LogP contribution in [0.3, 0.4) is 0 Å². The molecule has 0 aromatic carbocycles. The summed E-state index contributed by atoms with van der Waals surface area (Å²) in [5.41, 5.74) is 1.76. The van der Waals surface area contributed by atoms with E-state index >= 15 is 0 Å². The summed E-state index contributed by atoms with van der Waals surface area (Å²) in [5.74, 6) is 0. The van der Waals surface area contributed by atoms with E-state index in [2.05, 4.69) is 4.98 Å². The molecule has 0 bridgehead atoms. The first-order valence-electron chi connectivity index (χ1n) is 4.03. The van der Waals surface area contributed by atoms with Crippen molar-refractivity contribution in [3.05, 3.63) is 29.6 Å². The van der Waals surface area contributed by atoms with Crippen LogP contribution in [0.15, 0.2) is 18.2 Å². The SMILES string of the molecule is OCCc1cccc(CCO)n1. The highest BCUT2D eigenvalue weighted by Crippen LogP contribution is 2.00. The number of hydrogen-bond donors (Lipinski definition) is 2. The van der Waals surface area contributed by atoms with E-state index in [1.165, 1.54) is 0 Å². The standard InChI is InChI=1S/C9H13NO2/c11-6-4-8-2-1-3-9(10-8)5-7-12/h1-3,11-12H,4-7H2. The van der Waals surface area contributed by atoms with Gasteiger partial charge in [-0.1, -0.05) is 6.07 Å². The molecule has 1 rings (SSSR count). The van der Waals surface area contributed by atoms with Crippen LogP contribution >= 0.6 is 0 Å². The normalized spacial score (nSPS) is 10.2. The fourth-order valence-electron chi connectivity index (χ4n) is 1.04. The lowest BCUT2D eigenvalue weighted by Gasteiger charge is -2.00. The molecule has 2 N–H and O–H groups in total. The van der Waals surface area contributed by atoms with Gasteiger partial charge in [0.25, 0.3) is 0 Å². The molecule has 0 aliphatic heterocycles. The summed E-state index contributed by atoms with van der Waals surface area (Å²) in [6.45, 7) is 0.241. The number of rotatable bonds is 4. The molecule has 0 aliphatic carbocycles. The summed E-state index contributed by atoms with van der Waals surface area (Å²) in [6, 6.07) is 5.64. The summed E-state index contributed by atoms with van der Waals surface area (Å²) >= 11 is 0. The van der Waals surface area contributed by atoms with Gasteiger partial charge in [-0.25, -0.2) is 0 Å². The average Bonchev–Trinajstić information content (AvgIpc) is 2.06. The van der Waals surface area contributed by atoms with Gasteiger partial charge in [-0.15, -0.1) is 0 Å². The minimum atomic E-state index is 0.121. The van der Waals surface area contributed by atoms with Gasteiger partial charge in [-0.05, 0) is 12.1 Å². The summed E-state index contributed by atoms with van der Waals surface area (Å²) < 4.78 is 0. The molecule has 0 radical (unpaired) electrons. The van der Waals surface area contributed by atoms with E-state index in [0.717, 1.165) is 11.4 Å². The molecule has 3 nitrogen and oxygen atoms in total. The lowest BCUT2D eigenvalue weighted by atomic mass is 10.2. The Balaban J connectivity index is 2.67. The molecule has 12 heavy (non-hydrogen) atoms. The average molecular weight is 167 g/mol. The monoisotopic (exact) mass is 167 g/mol. The van der Waals surface area contributed by atoms with Gasteiger partial charge in [0.1, 0.15) is 0 Å². The maximum atomic E-state index is 8.65. The van der Waals surface area contributed by atoms with Gasteiger partial charge in [0, 0.05) is 37.4 Å². The van der Waals surface area contributed by atoms with E-state index in [1.54, 1.807) is 0 Å². The van der Waals surface area contributed by atoms with Crippen LogP contribution in [0.4, 0.5) is 0 Å². The topological polar surface area (TPSA) is 53.4 Å². The van der Waals surface area contributed by atoms with Crippen LogP contribution in [0.5, 0.6) is 0 Å². The van der Waals surface area contributed by atoms with Crippen molar-refractivity contribution in [3.8, 4) is 0 Å². The first-order valence-corrected chi connectivity index (χ1v) is 4.03. The predicted molar refractivity (Wildman–Crippen MR) is 45.8 cm³/mol. The van der Waals surface area contributed by atoms with E-state index in [1.807, 2.05) is 18.2 Å². The minimum absolute atomic E-state index is 0.121. The van der Waals surface area contributed by atoms with Gasteiger partial charge in [0.15, 0.2) is 0 Å². The summed E-state index contributed by atoms with van der Waals surface area (Å²) in [7, 11) is 0. The van der Waals surface area contributed by atoms with Crippen molar-refractivity contribution in [2.45, 2.75) is 12.8 Å². The third-order valence-electron chi connectivity index (χ3n) is 1.60. The number of aliphatic hydroxyl groups excluding tert-OH is 2. The van der Waals surface area contributed by atoms with Gasteiger partial charge in [-0.2, -0.15) is 0 Å². The number of pyridine rings is 1. The van der Waals surface area contributed by atoms with Crippen molar-refractivity contribution in [2.24, 2.45) is 0 Å². The second kappa shape index (κ2) is 4.85. The van der Waals surface area contributed by atoms with E-state index in [4.69, 9.17) is 10.2 Å². The Morgan fingerprint density at radius 3 is 1.92 bits per heavy atom. The first kappa shape index (κ1) is 9.16. The number of aromatic nitrogens is 1. The Kier molecular flexibility index (Phi) is 3.70. The van der Waals surface area contributed by atoms with Crippen molar-refractivity contribution in [1.82, 2.24) is 4.98 Å². The Labute approximate surface area is 71.7 Å². The van der Waals surface area contributed by atoms with Crippen molar-refractivity contribution in [2.75, 3.05) is 13.2 Å². The molecule has 0 amide bonds. The molecule has 0 saturated heterocycles. The summed E-state index contributed by atoms with van der Waals surface area (Å²) in [5, 5.41) is 17.3. The Bertz CT molecular complexity index is 216. The highest BCUT2D eigenvalue weighted by Gasteiger charge is 1.95. The van der Waals surface area contributed by atoms with Gasteiger partial charge in [0.05, 0.1) is 0 Å². The summed E-state index contributed by atoms with van der Waals surface area (Å²) in [6.07, 6.45) is 1.17. The first-order chi connectivity index (χ1) is 5.86. The maximum absolute atomic E-state index is 8.65. The van der Waals surface area contributed by atoms with Crippen molar-refractivity contribution >= 4 is 0 Å². The third kappa shape index (κ3) is 2.60. The Morgan fingerprint density at radius 1 is 1.00 bits per heavy atom. The molecule has 0 saturated carbocycles. The van der Waals surface area contributed by atoms with Crippen molar-refractivity contribution in [3.63, 3.8) is 0 Å². The smallest absolute Gasteiger partial charge is 0.0486 e.